The number of hydrogen-bond donors (Lipinski definition) is 0. The fraction of sp³-hybridized carbons (Fsp3) is 0.350. The van der Waals surface area contributed by atoms with Crippen LogP contribution in [0.4, 0.5) is 5.82 Å². The van der Waals surface area contributed by atoms with Crippen LogP contribution in [0.15, 0.2) is 40.9 Å². The zero-order chi connectivity index (χ0) is 17.9. The minimum atomic E-state index is 0.582. The highest BCUT2D eigenvalue weighted by molar-refractivity contribution is 5.88. The van der Waals surface area contributed by atoms with Gasteiger partial charge in [0.1, 0.15) is 17.0 Å². The molecule has 2 aromatic heterocycles. The molecule has 26 heavy (non-hydrogen) atoms. The SMILES string of the molecule is Cc1nc(N2CCN(C/C=C/c3ccccc3)CC2)c2c(C)noc2n1. The Labute approximate surface area is 153 Å². The van der Waals surface area contributed by atoms with E-state index in [4.69, 9.17) is 4.52 Å². The highest BCUT2D eigenvalue weighted by Crippen LogP contribution is 2.27. The molecule has 1 saturated heterocycles. The van der Waals surface area contributed by atoms with Gasteiger partial charge >= 0.3 is 0 Å². The van der Waals surface area contributed by atoms with Gasteiger partial charge in [0.05, 0.1) is 5.69 Å². The molecule has 0 bridgehead atoms. The van der Waals surface area contributed by atoms with Crippen LogP contribution < -0.4 is 4.90 Å². The number of aryl methyl sites for hydroxylation is 2. The van der Waals surface area contributed by atoms with E-state index in [0.29, 0.717) is 5.71 Å². The molecule has 1 aromatic carbocycles. The van der Waals surface area contributed by atoms with Gasteiger partial charge in [-0.1, -0.05) is 47.6 Å². The maximum Gasteiger partial charge on any atom is 0.263 e. The van der Waals surface area contributed by atoms with E-state index in [1.807, 2.05) is 19.9 Å². The zero-order valence-corrected chi connectivity index (χ0v) is 15.2. The summed E-state index contributed by atoms with van der Waals surface area (Å²) < 4.78 is 5.33. The monoisotopic (exact) mass is 349 g/mol. The number of piperazine rings is 1. The average Bonchev–Trinajstić information content (AvgIpc) is 3.03. The lowest BCUT2D eigenvalue weighted by atomic mass is 10.2. The first-order valence-electron chi connectivity index (χ1n) is 9.00. The van der Waals surface area contributed by atoms with Crippen LogP contribution in [-0.2, 0) is 0 Å². The first-order chi connectivity index (χ1) is 12.7. The average molecular weight is 349 g/mol. The topological polar surface area (TPSA) is 58.3 Å². The molecule has 0 unspecified atom stereocenters. The first-order valence-corrected chi connectivity index (χ1v) is 9.00. The number of rotatable bonds is 4. The summed E-state index contributed by atoms with van der Waals surface area (Å²) in [5.41, 5.74) is 2.68. The Morgan fingerprint density at radius 2 is 1.81 bits per heavy atom. The second kappa shape index (κ2) is 7.25. The van der Waals surface area contributed by atoms with E-state index >= 15 is 0 Å². The van der Waals surface area contributed by atoms with Gasteiger partial charge in [-0.3, -0.25) is 4.90 Å². The molecule has 6 heteroatoms. The van der Waals surface area contributed by atoms with E-state index in [-0.39, 0.29) is 0 Å². The lowest BCUT2D eigenvalue weighted by molar-refractivity contribution is 0.284. The van der Waals surface area contributed by atoms with Crippen molar-refractivity contribution in [3.63, 3.8) is 0 Å². The Hall–Kier alpha value is -2.73. The van der Waals surface area contributed by atoms with Crippen LogP contribution in [0.25, 0.3) is 17.2 Å². The van der Waals surface area contributed by atoms with Crippen LogP contribution in [0.2, 0.25) is 0 Å². The third-order valence-electron chi connectivity index (χ3n) is 4.74. The predicted molar refractivity (Wildman–Crippen MR) is 103 cm³/mol. The number of benzene rings is 1. The second-order valence-electron chi connectivity index (χ2n) is 6.64. The van der Waals surface area contributed by atoms with Crippen molar-refractivity contribution >= 4 is 23.0 Å². The molecule has 0 atom stereocenters. The third-order valence-corrected chi connectivity index (χ3v) is 4.74. The molecule has 4 rings (SSSR count). The van der Waals surface area contributed by atoms with Crippen LogP contribution in [0, 0.1) is 13.8 Å². The summed E-state index contributed by atoms with van der Waals surface area (Å²) in [5, 5.41) is 4.99. The summed E-state index contributed by atoms with van der Waals surface area (Å²) in [6.45, 7) is 8.70. The van der Waals surface area contributed by atoms with Crippen molar-refractivity contribution in [1.82, 2.24) is 20.0 Å². The van der Waals surface area contributed by atoms with Crippen LogP contribution in [0.3, 0.4) is 0 Å². The van der Waals surface area contributed by atoms with Crippen molar-refractivity contribution in [3.05, 3.63) is 53.5 Å². The standard InChI is InChI=1S/C20H23N5O/c1-15-18-19(21-16(2)22-20(18)26-23-15)25-13-11-24(12-14-25)10-6-9-17-7-4-3-5-8-17/h3-9H,10-14H2,1-2H3/b9-6+. The highest BCUT2D eigenvalue weighted by Gasteiger charge is 2.22. The molecular weight excluding hydrogens is 326 g/mol. The van der Waals surface area contributed by atoms with Gasteiger partial charge in [-0.15, -0.1) is 0 Å². The van der Waals surface area contributed by atoms with Gasteiger partial charge in [-0.25, -0.2) is 4.98 Å². The quantitative estimate of drug-likeness (QED) is 0.721. The molecule has 0 N–H and O–H groups in total. The molecular formula is C20H23N5O. The van der Waals surface area contributed by atoms with E-state index < -0.39 is 0 Å². The zero-order valence-electron chi connectivity index (χ0n) is 15.2. The van der Waals surface area contributed by atoms with E-state index in [0.717, 1.165) is 55.4 Å². The molecule has 1 aliphatic heterocycles. The summed E-state index contributed by atoms with van der Waals surface area (Å²) in [7, 11) is 0. The molecule has 0 aliphatic carbocycles. The third kappa shape index (κ3) is 3.46. The number of aromatic nitrogens is 3. The molecule has 1 fully saturated rings. The minimum Gasteiger partial charge on any atom is -0.353 e. The Bertz CT molecular complexity index is 911. The lowest BCUT2D eigenvalue weighted by Gasteiger charge is -2.35. The molecule has 1 aliphatic rings. The summed E-state index contributed by atoms with van der Waals surface area (Å²) in [5.74, 6) is 1.67. The highest BCUT2D eigenvalue weighted by atomic mass is 16.5. The summed E-state index contributed by atoms with van der Waals surface area (Å²) in [4.78, 5) is 13.8. The first kappa shape index (κ1) is 16.7. The molecule has 6 nitrogen and oxygen atoms in total. The molecule has 0 amide bonds. The van der Waals surface area contributed by atoms with Crippen molar-refractivity contribution in [2.24, 2.45) is 0 Å². The Kier molecular flexibility index (Phi) is 4.67. The van der Waals surface area contributed by atoms with Crippen LogP contribution >= 0.6 is 0 Å². The predicted octanol–water partition coefficient (Wildman–Crippen LogP) is 3.07. The number of hydrogen-bond acceptors (Lipinski definition) is 6. The number of nitrogens with zero attached hydrogens (tertiary/aromatic N) is 5. The summed E-state index contributed by atoms with van der Waals surface area (Å²) in [6, 6.07) is 10.4. The maximum absolute atomic E-state index is 5.33. The minimum absolute atomic E-state index is 0.582. The van der Waals surface area contributed by atoms with Crippen molar-refractivity contribution in [3.8, 4) is 0 Å². The smallest absolute Gasteiger partial charge is 0.263 e. The van der Waals surface area contributed by atoms with Crippen molar-refractivity contribution in [1.29, 1.82) is 0 Å². The normalized spacial score (nSPS) is 16.0. The van der Waals surface area contributed by atoms with Crippen molar-refractivity contribution in [2.75, 3.05) is 37.6 Å². The van der Waals surface area contributed by atoms with Gasteiger partial charge in [0.15, 0.2) is 0 Å². The number of fused-ring (bicyclic) bond motifs is 1. The Balaban J connectivity index is 1.41. The van der Waals surface area contributed by atoms with E-state index in [9.17, 15) is 0 Å². The Morgan fingerprint density at radius 1 is 1.04 bits per heavy atom. The molecule has 0 saturated carbocycles. The van der Waals surface area contributed by atoms with Crippen molar-refractivity contribution < 1.29 is 4.52 Å². The Morgan fingerprint density at radius 3 is 2.58 bits per heavy atom. The maximum atomic E-state index is 5.33. The van der Waals surface area contributed by atoms with E-state index in [1.54, 1.807) is 0 Å². The molecule has 3 heterocycles. The van der Waals surface area contributed by atoms with Gasteiger partial charge < -0.3 is 9.42 Å². The second-order valence-corrected chi connectivity index (χ2v) is 6.64. The molecule has 3 aromatic rings. The van der Waals surface area contributed by atoms with Gasteiger partial charge in [0.2, 0.25) is 0 Å². The molecule has 0 radical (unpaired) electrons. The fourth-order valence-corrected chi connectivity index (χ4v) is 3.35. The van der Waals surface area contributed by atoms with Crippen LogP contribution in [0.1, 0.15) is 17.1 Å². The fourth-order valence-electron chi connectivity index (χ4n) is 3.35. The summed E-state index contributed by atoms with van der Waals surface area (Å²) in [6.07, 6.45) is 4.42. The van der Waals surface area contributed by atoms with Gasteiger partial charge in [0, 0.05) is 32.7 Å². The lowest BCUT2D eigenvalue weighted by Crippen LogP contribution is -2.46. The van der Waals surface area contributed by atoms with Gasteiger partial charge in [-0.2, -0.15) is 4.98 Å². The molecule has 0 spiro atoms. The van der Waals surface area contributed by atoms with Crippen LogP contribution in [-0.4, -0.2) is 52.7 Å². The van der Waals surface area contributed by atoms with Crippen molar-refractivity contribution in [2.45, 2.75) is 13.8 Å². The van der Waals surface area contributed by atoms with Crippen LogP contribution in [0.5, 0.6) is 0 Å². The van der Waals surface area contributed by atoms with Gasteiger partial charge in [-0.05, 0) is 19.4 Å². The number of anilines is 1. The van der Waals surface area contributed by atoms with Gasteiger partial charge in [0.25, 0.3) is 5.71 Å². The largest absolute Gasteiger partial charge is 0.353 e. The summed E-state index contributed by atoms with van der Waals surface area (Å²) >= 11 is 0. The van der Waals surface area contributed by atoms with E-state index in [2.05, 4.69) is 61.3 Å². The molecule has 134 valence electrons. The van der Waals surface area contributed by atoms with E-state index in [1.165, 1.54) is 5.56 Å².